The molecule has 4 aromatic rings. The number of anilines is 1. The normalized spacial score (nSPS) is 12.0. The second-order valence-electron chi connectivity index (χ2n) is 6.53. The van der Waals surface area contributed by atoms with Gasteiger partial charge in [-0.05, 0) is 17.7 Å². The molecule has 3 aromatic carbocycles. The van der Waals surface area contributed by atoms with Crippen molar-refractivity contribution in [3.63, 3.8) is 0 Å². The maximum Gasteiger partial charge on any atom is 0.194 e. The summed E-state index contributed by atoms with van der Waals surface area (Å²) in [5, 5.41) is 9.50. The highest BCUT2D eigenvalue weighted by molar-refractivity contribution is 7.10. The van der Waals surface area contributed by atoms with Gasteiger partial charge in [0.2, 0.25) is 0 Å². The van der Waals surface area contributed by atoms with Gasteiger partial charge < -0.3 is 5.73 Å². The standard InChI is InChI=1S/C24H19N5S/c25-16-21-22(26)29(17-18-10-4-1-5-11-18)24(30-21)28-23(19-12-6-2-7-13-19)27-20-14-8-3-9-15-20/h1-15H,17,26H2. The zero-order valence-corrected chi connectivity index (χ0v) is 17.0. The Kier molecular flexibility index (Phi) is 5.83. The highest BCUT2D eigenvalue weighted by Gasteiger charge is 2.12. The van der Waals surface area contributed by atoms with Crippen molar-refractivity contribution in [1.29, 1.82) is 5.26 Å². The van der Waals surface area contributed by atoms with E-state index >= 15 is 0 Å². The second kappa shape index (κ2) is 9.03. The summed E-state index contributed by atoms with van der Waals surface area (Å²) in [4.78, 5) is 10.7. The van der Waals surface area contributed by atoms with Crippen LogP contribution in [0, 0.1) is 11.3 Å². The molecule has 0 aliphatic rings. The van der Waals surface area contributed by atoms with E-state index in [9.17, 15) is 5.26 Å². The molecule has 6 heteroatoms. The maximum atomic E-state index is 9.50. The molecule has 1 heterocycles. The third-order valence-electron chi connectivity index (χ3n) is 4.46. The van der Waals surface area contributed by atoms with Crippen LogP contribution in [0.3, 0.4) is 0 Å². The lowest BCUT2D eigenvalue weighted by atomic mass is 10.2. The topological polar surface area (TPSA) is 79.5 Å². The third kappa shape index (κ3) is 4.37. The van der Waals surface area contributed by atoms with Gasteiger partial charge in [-0.25, -0.2) is 9.98 Å². The van der Waals surface area contributed by atoms with Gasteiger partial charge in [0.25, 0.3) is 0 Å². The molecule has 5 nitrogen and oxygen atoms in total. The first-order chi connectivity index (χ1) is 14.7. The van der Waals surface area contributed by atoms with Gasteiger partial charge in [-0.3, -0.25) is 4.57 Å². The van der Waals surface area contributed by atoms with Crippen molar-refractivity contribution in [3.05, 3.63) is 112 Å². The summed E-state index contributed by atoms with van der Waals surface area (Å²) < 4.78 is 1.86. The van der Waals surface area contributed by atoms with Gasteiger partial charge in [-0.2, -0.15) is 5.26 Å². The molecule has 146 valence electrons. The van der Waals surface area contributed by atoms with Gasteiger partial charge in [0, 0.05) is 5.56 Å². The molecule has 0 saturated carbocycles. The Labute approximate surface area is 178 Å². The van der Waals surface area contributed by atoms with Gasteiger partial charge in [0.15, 0.2) is 10.6 Å². The lowest BCUT2D eigenvalue weighted by molar-refractivity contribution is 0.782. The predicted molar refractivity (Wildman–Crippen MR) is 122 cm³/mol. The number of amidine groups is 1. The molecule has 0 unspecified atom stereocenters. The first-order valence-electron chi connectivity index (χ1n) is 9.41. The number of nitriles is 1. The Morgan fingerprint density at radius 1 is 0.900 bits per heavy atom. The average molecular weight is 410 g/mol. The van der Waals surface area contributed by atoms with Crippen LogP contribution in [0.2, 0.25) is 0 Å². The molecule has 0 aliphatic carbocycles. The van der Waals surface area contributed by atoms with E-state index in [0.29, 0.717) is 27.9 Å². The fraction of sp³-hybridized carbons (Fsp3) is 0.0417. The van der Waals surface area contributed by atoms with Crippen molar-refractivity contribution >= 4 is 28.7 Å². The van der Waals surface area contributed by atoms with E-state index in [1.54, 1.807) is 0 Å². The van der Waals surface area contributed by atoms with Crippen LogP contribution in [-0.2, 0) is 6.54 Å². The molecule has 0 spiro atoms. The van der Waals surface area contributed by atoms with Crippen molar-refractivity contribution in [2.45, 2.75) is 6.54 Å². The number of nitrogens with two attached hydrogens (primary N) is 1. The molecule has 0 saturated heterocycles. The van der Waals surface area contributed by atoms with E-state index < -0.39 is 0 Å². The van der Waals surface area contributed by atoms with E-state index in [2.05, 4.69) is 6.07 Å². The van der Waals surface area contributed by atoms with Gasteiger partial charge in [-0.15, -0.1) is 0 Å². The summed E-state index contributed by atoms with van der Waals surface area (Å²) >= 11 is 1.27. The van der Waals surface area contributed by atoms with Crippen LogP contribution in [0.4, 0.5) is 11.5 Å². The Balaban J connectivity index is 1.88. The van der Waals surface area contributed by atoms with Gasteiger partial charge in [-0.1, -0.05) is 90.2 Å². The molecule has 1 aromatic heterocycles. The number of rotatable bonds is 4. The number of hydrogen-bond donors (Lipinski definition) is 1. The van der Waals surface area contributed by atoms with Crippen LogP contribution < -0.4 is 10.5 Å². The molecule has 2 N–H and O–H groups in total. The SMILES string of the molecule is N#Cc1sc(=NC(=Nc2ccccc2)c2ccccc2)n(Cc2ccccc2)c1N. The number of benzene rings is 3. The van der Waals surface area contributed by atoms with Crippen molar-refractivity contribution in [3.8, 4) is 6.07 Å². The van der Waals surface area contributed by atoms with Crippen LogP contribution in [0.1, 0.15) is 16.0 Å². The monoisotopic (exact) mass is 409 g/mol. The maximum absolute atomic E-state index is 9.50. The second-order valence-corrected chi connectivity index (χ2v) is 7.51. The quantitative estimate of drug-likeness (QED) is 0.391. The summed E-state index contributed by atoms with van der Waals surface area (Å²) in [7, 11) is 0. The number of para-hydroxylation sites is 1. The number of nitrogen functional groups attached to an aromatic ring is 1. The Morgan fingerprint density at radius 2 is 1.50 bits per heavy atom. The number of nitrogens with zero attached hydrogens (tertiary/aromatic N) is 4. The zero-order chi connectivity index (χ0) is 20.8. The minimum absolute atomic E-state index is 0.414. The molecular weight excluding hydrogens is 390 g/mol. The van der Waals surface area contributed by atoms with Crippen LogP contribution in [0.5, 0.6) is 0 Å². The van der Waals surface area contributed by atoms with Gasteiger partial charge in [0.1, 0.15) is 16.8 Å². The Hall–Kier alpha value is -3.95. The summed E-state index contributed by atoms with van der Waals surface area (Å²) in [6, 6.07) is 31.6. The third-order valence-corrected chi connectivity index (χ3v) is 5.46. The predicted octanol–water partition coefficient (Wildman–Crippen LogP) is 4.73. The van der Waals surface area contributed by atoms with E-state index in [1.165, 1.54) is 11.3 Å². The summed E-state index contributed by atoms with van der Waals surface area (Å²) in [6.45, 7) is 0.525. The Morgan fingerprint density at radius 3 is 2.13 bits per heavy atom. The molecule has 0 amide bonds. The van der Waals surface area contributed by atoms with Crippen LogP contribution in [0.15, 0.2) is 101 Å². The van der Waals surface area contributed by atoms with E-state index in [-0.39, 0.29) is 0 Å². The minimum atomic E-state index is 0.414. The summed E-state index contributed by atoms with van der Waals surface area (Å²) in [5.74, 6) is 0.978. The van der Waals surface area contributed by atoms with E-state index in [4.69, 9.17) is 15.7 Å². The van der Waals surface area contributed by atoms with Crippen molar-refractivity contribution in [2.24, 2.45) is 9.98 Å². The van der Waals surface area contributed by atoms with Crippen molar-refractivity contribution in [1.82, 2.24) is 4.57 Å². The van der Waals surface area contributed by atoms with Gasteiger partial charge >= 0.3 is 0 Å². The smallest absolute Gasteiger partial charge is 0.194 e. The lowest BCUT2D eigenvalue weighted by Gasteiger charge is -2.07. The number of aliphatic imine (C=N–C) groups is 1. The summed E-state index contributed by atoms with van der Waals surface area (Å²) in [5.41, 5.74) is 9.05. The fourth-order valence-electron chi connectivity index (χ4n) is 2.96. The fourth-order valence-corrected chi connectivity index (χ4v) is 3.81. The molecule has 4 rings (SSSR count). The Bertz CT molecular complexity index is 1260. The molecular formula is C24H19N5S. The molecule has 0 fully saturated rings. The molecule has 0 aliphatic heterocycles. The highest BCUT2D eigenvalue weighted by atomic mass is 32.1. The van der Waals surface area contributed by atoms with E-state index in [1.807, 2.05) is 95.6 Å². The molecule has 0 radical (unpaired) electrons. The average Bonchev–Trinajstić information content (AvgIpc) is 3.10. The number of hydrogen-bond acceptors (Lipinski definition) is 4. The first-order valence-corrected chi connectivity index (χ1v) is 10.2. The van der Waals surface area contributed by atoms with Gasteiger partial charge in [0.05, 0.1) is 12.2 Å². The van der Waals surface area contributed by atoms with Crippen molar-refractivity contribution < 1.29 is 0 Å². The lowest BCUT2D eigenvalue weighted by Crippen LogP contribution is -2.20. The molecule has 0 atom stereocenters. The van der Waals surface area contributed by atoms with Crippen LogP contribution in [0.25, 0.3) is 0 Å². The highest BCUT2D eigenvalue weighted by Crippen LogP contribution is 2.17. The minimum Gasteiger partial charge on any atom is -0.383 e. The first kappa shape index (κ1) is 19.4. The van der Waals surface area contributed by atoms with Crippen LogP contribution in [-0.4, -0.2) is 10.4 Å². The molecule has 0 bridgehead atoms. The van der Waals surface area contributed by atoms with Crippen molar-refractivity contribution in [2.75, 3.05) is 5.73 Å². The number of aromatic nitrogens is 1. The largest absolute Gasteiger partial charge is 0.383 e. The number of thiazole rings is 1. The summed E-state index contributed by atoms with van der Waals surface area (Å²) in [6.07, 6.45) is 0. The van der Waals surface area contributed by atoms with E-state index in [0.717, 1.165) is 16.8 Å². The van der Waals surface area contributed by atoms with Crippen LogP contribution >= 0.6 is 11.3 Å². The zero-order valence-electron chi connectivity index (χ0n) is 16.1. The molecule has 30 heavy (non-hydrogen) atoms.